The van der Waals surface area contributed by atoms with E-state index >= 15 is 0 Å². The average Bonchev–Trinajstić information content (AvgIpc) is 2.29. The van der Waals surface area contributed by atoms with Crippen molar-refractivity contribution in [2.24, 2.45) is 5.73 Å². The van der Waals surface area contributed by atoms with Gasteiger partial charge in [0, 0.05) is 31.4 Å². The summed E-state index contributed by atoms with van der Waals surface area (Å²) in [5, 5.41) is 0. The number of rotatable bonds is 2. The second kappa shape index (κ2) is 5.51. The standard InChI is InChI=1S/C16H27N3/c1-11-6-12(2)16(13(3)7-11)19-14(4)9-18(5)10-15(19)8-17/h6-7,14-15H,8-10,17H2,1-5H3. The van der Waals surface area contributed by atoms with E-state index < -0.39 is 0 Å². The van der Waals surface area contributed by atoms with Gasteiger partial charge < -0.3 is 15.5 Å². The van der Waals surface area contributed by atoms with Crippen LogP contribution < -0.4 is 10.6 Å². The molecule has 2 unspecified atom stereocenters. The molecule has 19 heavy (non-hydrogen) atoms. The summed E-state index contributed by atoms with van der Waals surface area (Å²) in [5.41, 5.74) is 11.5. The highest BCUT2D eigenvalue weighted by atomic mass is 15.3. The van der Waals surface area contributed by atoms with Crippen molar-refractivity contribution in [3.63, 3.8) is 0 Å². The number of anilines is 1. The van der Waals surface area contributed by atoms with Gasteiger partial charge in [0.1, 0.15) is 0 Å². The fourth-order valence-corrected chi connectivity index (χ4v) is 3.59. The van der Waals surface area contributed by atoms with Gasteiger partial charge in [0.15, 0.2) is 0 Å². The third-order valence-corrected chi connectivity index (χ3v) is 4.13. The van der Waals surface area contributed by atoms with Crippen LogP contribution in [0.25, 0.3) is 0 Å². The third kappa shape index (κ3) is 2.77. The van der Waals surface area contributed by atoms with Crippen LogP contribution in [0.3, 0.4) is 0 Å². The van der Waals surface area contributed by atoms with E-state index in [4.69, 9.17) is 5.73 Å². The van der Waals surface area contributed by atoms with Crippen LogP contribution in [0.1, 0.15) is 23.6 Å². The molecule has 1 heterocycles. The predicted molar refractivity (Wildman–Crippen MR) is 82.9 cm³/mol. The maximum Gasteiger partial charge on any atom is 0.0542 e. The molecule has 2 N–H and O–H groups in total. The first kappa shape index (κ1) is 14.4. The number of benzene rings is 1. The molecule has 0 spiro atoms. The van der Waals surface area contributed by atoms with Crippen LogP contribution in [0, 0.1) is 20.8 Å². The second-order valence-electron chi connectivity index (χ2n) is 6.11. The average molecular weight is 261 g/mol. The van der Waals surface area contributed by atoms with Gasteiger partial charge in [-0.3, -0.25) is 0 Å². The number of aryl methyl sites for hydroxylation is 3. The number of piperazine rings is 1. The van der Waals surface area contributed by atoms with Crippen LogP contribution in [0.15, 0.2) is 12.1 Å². The Kier molecular flexibility index (Phi) is 4.16. The summed E-state index contributed by atoms with van der Waals surface area (Å²) in [6, 6.07) is 5.48. The van der Waals surface area contributed by atoms with Crippen LogP contribution in [-0.4, -0.2) is 43.7 Å². The van der Waals surface area contributed by atoms with E-state index in [0.717, 1.165) is 13.1 Å². The summed E-state index contributed by atoms with van der Waals surface area (Å²) < 4.78 is 0. The molecule has 1 saturated heterocycles. The lowest BCUT2D eigenvalue weighted by Crippen LogP contribution is -2.59. The van der Waals surface area contributed by atoms with Crippen LogP contribution >= 0.6 is 0 Å². The number of hydrogen-bond donors (Lipinski definition) is 1. The van der Waals surface area contributed by atoms with Crippen LogP contribution in [0.2, 0.25) is 0 Å². The molecule has 3 nitrogen and oxygen atoms in total. The molecule has 1 aromatic rings. The van der Waals surface area contributed by atoms with Crippen molar-refractivity contribution in [3.8, 4) is 0 Å². The molecule has 0 amide bonds. The Bertz CT molecular complexity index is 432. The zero-order valence-electron chi connectivity index (χ0n) is 12.9. The molecular weight excluding hydrogens is 234 g/mol. The minimum Gasteiger partial charge on any atom is -0.362 e. The quantitative estimate of drug-likeness (QED) is 0.884. The third-order valence-electron chi connectivity index (χ3n) is 4.13. The van der Waals surface area contributed by atoms with Gasteiger partial charge in [0.2, 0.25) is 0 Å². The highest BCUT2D eigenvalue weighted by molar-refractivity contribution is 5.62. The second-order valence-corrected chi connectivity index (χ2v) is 6.11. The molecule has 106 valence electrons. The molecule has 0 saturated carbocycles. The Hall–Kier alpha value is -1.06. The SMILES string of the molecule is Cc1cc(C)c(N2C(C)CN(C)CC2CN)c(C)c1. The van der Waals surface area contributed by atoms with E-state index in [0.29, 0.717) is 18.6 Å². The van der Waals surface area contributed by atoms with Crippen LogP contribution in [0.4, 0.5) is 5.69 Å². The Labute approximate surface area is 117 Å². The van der Waals surface area contributed by atoms with Gasteiger partial charge in [-0.15, -0.1) is 0 Å². The minimum absolute atomic E-state index is 0.411. The van der Waals surface area contributed by atoms with Gasteiger partial charge in [-0.05, 0) is 45.9 Å². The Balaban J connectivity index is 2.43. The van der Waals surface area contributed by atoms with Crippen molar-refractivity contribution in [3.05, 3.63) is 28.8 Å². The lowest BCUT2D eigenvalue weighted by Gasteiger charge is -2.47. The van der Waals surface area contributed by atoms with E-state index in [1.165, 1.54) is 22.4 Å². The maximum absolute atomic E-state index is 6.02. The molecule has 2 rings (SSSR count). The smallest absolute Gasteiger partial charge is 0.0542 e. The molecule has 1 aromatic carbocycles. The van der Waals surface area contributed by atoms with Crippen LogP contribution in [-0.2, 0) is 0 Å². The van der Waals surface area contributed by atoms with Gasteiger partial charge >= 0.3 is 0 Å². The summed E-state index contributed by atoms with van der Waals surface area (Å²) in [7, 11) is 2.19. The van der Waals surface area contributed by atoms with E-state index in [2.05, 4.69) is 56.7 Å². The van der Waals surface area contributed by atoms with Crippen molar-refractivity contribution in [2.75, 3.05) is 31.6 Å². The normalized spacial score (nSPS) is 24.8. The summed E-state index contributed by atoms with van der Waals surface area (Å²) in [6.07, 6.45) is 0. The number of likely N-dealkylation sites (N-methyl/N-ethyl adjacent to an activating group) is 1. The largest absolute Gasteiger partial charge is 0.362 e. The molecule has 0 bridgehead atoms. The van der Waals surface area contributed by atoms with E-state index in [-0.39, 0.29) is 0 Å². The summed E-state index contributed by atoms with van der Waals surface area (Å²) in [4.78, 5) is 4.93. The Morgan fingerprint density at radius 3 is 2.26 bits per heavy atom. The van der Waals surface area contributed by atoms with Crippen molar-refractivity contribution >= 4 is 5.69 Å². The topological polar surface area (TPSA) is 32.5 Å². The van der Waals surface area contributed by atoms with Gasteiger partial charge in [-0.25, -0.2) is 0 Å². The molecule has 0 aromatic heterocycles. The zero-order chi connectivity index (χ0) is 14.2. The van der Waals surface area contributed by atoms with Gasteiger partial charge in [-0.1, -0.05) is 17.7 Å². The van der Waals surface area contributed by atoms with Gasteiger partial charge in [0.05, 0.1) is 6.04 Å². The minimum atomic E-state index is 0.411. The van der Waals surface area contributed by atoms with Crippen molar-refractivity contribution in [1.29, 1.82) is 0 Å². The van der Waals surface area contributed by atoms with Crippen molar-refractivity contribution in [2.45, 2.75) is 39.8 Å². The maximum atomic E-state index is 6.02. The first-order valence-corrected chi connectivity index (χ1v) is 7.18. The predicted octanol–water partition coefficient (Wildman–Crippen LogP) is 2.08. The number of hydrogen-bond acceptors (Lipinski definition) is 3. The molecule has 2 atom stereocenters. The Morgan fingerprint density at radius 2 is 1.74 bits per heavy atom. The van der Waals surface area contributed by atoms with Gasteiger partial charge in [-0.2, -0.15) is 0 Å². The lowest BCUT2D eigenvalue weighted by molar-refractivity contribution is 0.234. The van der Waals surface area contributed by atoms with E-state index in [1.807, 2.05) is 0 Å². The molecule has 1 aliphatic rings. The highest BCUT2D eigenvalue weighted by Crippen LogP contribution is 2.31. The molecule has 0 radical (unpaired) electrons. The summed E-state index contributed by atoms with van der Waals surface area (Å²) >= 11 is 0. The van der Waals surface area contributed by atoms with Crippen molar-refractivity contribution in [1.82, 2.24) is 4.90 Å². The number of nitrogens with zero attached hydrogens (tertiary/aromatic N) is 2. The molecule has 3 heteroatoms. The fourth-order valence-electron chi connectivity index (χ4n) is 3.59. The monoisotopic (exact) mass is 261 g/mol. The molecular formula is C16H27N3. The first-order chi connectivity index (χ1) is 8.93. The molecule has 1 fully saturated rings. The summed E-state index contributed by atoms with van der Waals surface area (Å²) in [5.74, 6) is 0. The zero-order valence-corrected chi connectivity index (χ0v) is 12.9. The fraction of sp³-hybridized carbons (Fsp3) is 0.625. The van der Waals surface area contributed by atoms with E-state index in [1.54, 1.807) is 0 Å². The lowest BCUT2D eigenvalue weighted by atomic mass is 9.98. The van der Waals surface area contributed by atoms with Gasteiger partial charge in [0.25, 0.3) is 0 Å². The van der Waals surface area contributed by atoms with Crippen LogP contribution in [0.5, 0.6) is 0 Å². The summed E-state index contributed by atoms with van der Waals surface area (Å²) in [6.45, 7) is 11.8. The first-order valence-electron chi connectivity index (χ1n) is 7.18. The number of nitrogens with two attached hydrogens (primary N) is 1. The highest BCUT2D eigenvalue weighted by Gasteiger charge is 2.31. The molecule has 0 aliphatic carbocycles. The van der Waals surface area contributed by atoms with Crippen molar-refractivity contribution < 1.29 is 0 Å². The Morgan fingerprint density at radius 1 is 1.16 bits per heavy atom. The molecule has 1 aliphatic heterocycles. The van der Waals surface area contributed by atoms with E-state index in [9.17, 15) is 0 Å².